The van der Waals surface area contributed by atoms with Gasteiger partial charge in [-0.2, -0.15) is 0 Å². The molecule has 1 aromatic heterocycles. The van der Waals surface area contributed by atoms with Crippen LogP contribution in [0.4, 0.5) is 5.69 Å². The number of rotatable bonds is 7. The van der Waals surface area contributed by atoms with E-state index in [1.807, 2.05) is 24.3 Å². The van der Waals surface area contributed by atoms with E-state index in [0.29, 0.717) is 17.9 Å². The second kappa shape index (κ2) is 9.26. The second-order valence-corrected chi connectivity index (χ2v) is 7.89. The maximum absolute atomic E-state index is 12.8. The largest absolute Gasteiger partial charge is 0.494 e. The molecule has 31 heavy (non-hydrogen) atoms. The van der Waals surface area contributed by atoms with Gasteiger partial charge in [0.05, 0.1) is 22.4 Å². The van der Waals surface area contributed by atoms with E-state index in [0.717, 1.165) is 24.3 Å². The molecular formula is C23H26N4O4. The van der Waals surface area contributed by atoms with Crippen LogP contribution in [0.2, 0.25) is 0 Å². The van der Waals surface area contributed by atoms with Gasteiger partial charge in [0, 0.05) is 31.3 Å². The summed E-state index contributed by atoms with van der Waals surface area (Å²) in [6.45, 7) is 4.04. The molecular weight excluding hydrogens is 396 g/mol. The molecule has 3 aromatic rings. The molecule has 0 aliphatic carbocycles. The van der Waals surface area contributed by atoms with Gasteiger partial charge in [0.15, 0.2) is 0 Å². The highest BCUT2D eigenvalue weighted by Gasteiger charge is 2.15. The number of hydrogen-bond donors (Lipinski definition) is 0. The first-order valence-electron chi connectivity index (χ1n) is 10.6. The number of hydrogen-bond acceptors (Lipinski definition) is 6. The van der Waals surface area contributed by atoms with E-state index >= 15 is 0 Å². The standard InChI is InChI=1S/C23H26N4O4/c1-25-22(24-21-10-9-18(27(29)30)16-20(21)23(25)28)17-7-5-8-19(15-17)31-14-6-13-26-11-3-2-4-12-26/h5,7-10,15-16H,2-4,6,11-14H2,1H3. The molecule has 0 N–H and O–H groups in total. The SMILES string of the molecule is Cn1c(-c2cccc(OCCCN3CCCCC3)c2)nc2ccc([N+](=O)[O-])cc2c1=O. The van der Waals surface area contributed by atoms with Gasteiger partial charge >= 0.3 is 0 Å². The molecule has 1 aliphatic heterocycles. The Balaban J connectivity index is 1.51. The van der Waals surface area contributed by atoms with Crippen LogP contribution >= 0.6 is 0 Å². The van der Waals surface area contributed by atoms with Crippen molar-refractivity contribution in [3.05, 3.63) is 62.9 Å². The molecule has 0 atom stereocenters. The average Bonchev–Trinajstić information content (AvgIpc) is 2.79. The molecule has 4 rings (SSSR count). The van der Waals surface area contributed by atoms with Crippen LogP contribution in [-0.2, 0) is 7.05 Å². The number of nitrogens with zero attached hydrogens (tertiary/aromatic N) is 4. The number of ether oxygens (including phenoxy) is 1. The van der Waals surface area contributed by atoms with Crippen molar-refractivity contribution in [3.8, 4) is 17.1 Å². The third-order valence-electron chi connectivity index (χ3n) is 5.70. The fourth-order valence-electron chi connectivity index (χ4n) is 4.02. The fraction of sp³-hybridized carbons (Fsp3) is 0.391. The third-order valence-corrected chi connectivity index (χ3v) is 5.70. The van der Waals surface area contributed by atoms with E-state index < -0.39 is 4.92 Å². The van der Waals surface area contributed by atoms with Crippen LogP contribution in [0.15, 0.2) is 47.3 Å². The molecule has 8 heteroatoms. The molecule has 2 heterocycles. The van der Waals surface area contributed by atoms with E-state index in [-0.39, 0.29) is 16.6 Å². The van der Waals surface area contributed by atoms with Crippen molar-refractivity contribution >= 4 is 16.6 Å². The van der Waals surface area contributed by atoms with E-state index in [9.17, 15) is 14.9 Å². The second-order valence-electron chi connectivity index (χ2n) is 7.89. The summed E-state index contributed by atoms with van der Waals surface area (Å²) in [5.74, 6) is 1.22. The summed E-state index contributed by atoms with van der Waals surface area (Å²) >= 11 is 0. The highest BCUT2D eigenvalue weighted by atomic mass is 16.6. The number of benzene rings is 2. The number of likely N-dealkylation sites (tertiary alicyclic amines) is 1. The zero-order valence-corrected chi connectivity index (χ0v) is 17.6. The minimum absolute atomic E-state index is 0.126. The molecule has 1 saturated heterocycles. The molecule has 0 spiro atoms. The van der Waals surface area contributed by atoms with Crippen LogP contribution in [0.1, 0.15) is 25.7 Å². The zero-order chi connectivity index (χ0) is 21.8. The van der Waals surface area contributed by atoms with Crippen molar-refractivity contribution in [1.82, 2.24) is 14.5 Å². The highest BCUT2D eigenvalue weighted by Crippen LogP contribution is 2.24. The number of aromatic nitrogens is 2. The number of nitro groups is 1. The van der Waals surface area contributed by atoms with Gasteiger partial charge in [-0.3, -0.25) is 19.5 Å². The van der Waals surface area contributed by atoms with Crippen LogP contribution in [0, 0.1) is 10.1 Å². The van der Waals surface area contributed by atoms with Crippen LogP contribution in [0.5, 0.6) is 5.75 Å². The van der Waals surface area contributed by atoms with Crippen LogP contribution in [-0.4, -0.2) is 45.6 Å². The molecule has 0 radical (unpaired) electrons. The lowest BCUT2D eigenvalue weighted by Gasteiger charge is -2.26. The third kappa shape index (κ3) is 4.74. The normalized spacial score (nSPS) is 14.6. The van der Waals surface area contributed by atoms with E-state index in [4.69, 9.17) is 4.74 Å². The van der Waals surface area contributed by atoms with Gasteiger partial charge in [-0.15, -0.1) is 0 Å². The number of piperidine rings is 1. The fourth-order valence-corrected chi connectivity index (χ4v) is 4.02. The highest BCUT2D eigenvalue weighted by molar-refractivity contribution is 5.82. The topological polar surface area (TPSA) is 90.5 Å². The number of nitro benzene ring substituents is 1. The summed E-state index contributed by atoms with van der Waals surface area (Å²) in [6.07, 6.45) is 4.87. The molecule has 162 valence electrons. The number of fused-ring (bicyclic) bond motifs is 1. The van der Waals surface area contributed by atoms with Crippen molar-refractivity contribution in [2.75, 3.05) is 26.2 Å². The first kappa shape index (κ1) is 21.0. The van der Waals surface area contributed by atoms with Gasteiger partial charge < -0.3 is 9.64 Å². The molecule has 1 fully saturated rings. The Morgan fingerprint density at radius 2 is 1.94 bits per heavy atom. The Bertz CT molecular complexity index is 1150. The maximum Gasteiger partial charge on any atom is 0.270 e. The van der Waals surface area contributed by atoms with Crippen molar-refractivity contribution in [1.29, 1.82) is 0 Å². The summed E-state index contributed by atoms with van der Waals surface area (Å²) in [5, 5.41) is 11.3. The van der Waals surface area contributed by atoms with Crippen molar-refractivity contribution in [2.24, 2.45) is 7.05 Å². The zero-order valence-electron chi connectivity index (χ0n) is 17.6. The van der Waals surface area contributed by atoms with Gasteiger partial charge in [-0.25, -0.2) is 4.98 Å². The van der Waals surface area contributed by atoms with Gasteiger partial charge in [-0.05, 0) is 50.6 Å². The minimum atomic E-state index is -0.515. The average molecular weight is 422 g/mol. The lowest BCUT2D eigenvalue weighted by Crippen LogP contribution is -2.31. The molecule has 0 amide bonds. The quantitative estimate of drug-likeness (QED) is 0.327. The van der Waals surface area contributed by atoms with Gasteiger partial charge in [0.1, 0.15) is 11.6 Å². The molecule has 1 aliphatic rings. The predicted octanol–water partition coefficient (Wildman–Crippen LogP) is 3.76. The van der Waals surface area contributed by atoms with E-state index in [1.165, 1.54) is 55.1 Å². The van der Waals surface area contributed by atoms with Crippen molar-refractivity contribution in [3.63, 3.8) is 0 Å². The van der Waals surface area contributed by atoms with Gasteiger partial charge in [0.25, 0.3) is 11.2 Å². The molecule has 0 bridgehead atoms. The van der Waals surface area contributed by atoms with Gasteiger partial charge in [-0.1, -0.05) is 18.6 Å². The van der Waals surface area contributed by atoms with Gasteiger partial charge in [0.2, 0.25) is 0 Å². The van der Waals surface area contributed by atoms with Crippen molar-refractivity contribution < 1.29 is 9.66 Å². The predicted molar refractivity (Wildman–Crippen MR) is 119 cm³/mol. The first-order chi connectivity index (χ1) is 15.0. The smallest absolute Gasteiger partial charge is 0.270 e. The Kier molecular flexibility index (Phi) is 6.27. The molecule has 0 unspecified atom stereocenters. The van der Waals surface area contributed by atoms with Crippen LogP contribution in [0.25, 0.3) is 22.3 Å². The Morgan fingerprint density at radius 1 is 1.13 bits per heavy atom. The van der Waals surface area contributed by atoms with E-state index in [1.54, 1.807) is 7.05 Å². The molecule has 8 nitrogen and oxygen atoms in total. The maximum atomic E-state index is 12.8. The summed E-state index contributed by atoms with van der Waals surface area (Å²) in [7, 11) is 1.62. The molecule has 2 aromatic carbocycles. The summed E-state index contributed by atoms with van der Waals surface area (Å²) in [4.78, 5) is 30.4. The Labute approximate surface area is 180 Å². The lowest BCUT2D eigenvalue weighted by atomic mass is 10.1. The number of non-ortho nitro benzene ring substituents is 1. The van der Waals surface area contributed by atoms with Crippen molar-refractivity contribution in [2.45, 2.75) is 25.7 Å². The van der Waals surface area contributed by atoms with Crippen LogP contribution in [0.3, 0.4) is 0 Å². The minimum Gasteiger partial charge on any atom is -0.494 e. The lowest BCUT2D eigenvalue weighted by molar-refractivity contribution is -0.384. The Morgan fingerprint density at radius 3 is 2.71 bits per heavy atom. The monoisotopic (exact) mass is 422 g/mol. The van der Waals surface area contributed by atoms with Crippen LogP contribution < -0.4 is 10.3 Å². The summed E-state index contributed by atoms with van der Waals surface area (Å²) in [5.41, 5.74) is 0.737. The summed E-state index contributed by atoms with van der Waals surface area (Å²) < 4.78 is 7.36. The Hall–Kier alpha value is -3.26. The summed E-state index contributed by atoms with van der Waals surface area (Å²) in [6, 6.07) is 11.7. The molecule has 0 saturated carbocycles. The van der Waals surface area contributed by atoms with E-state index in [2.05, 4.69) is 9.88 Å². The first-order valence-corrected chi connectivity index (χ1v) is 10.6.